The number of hydrogen-bond donors (Lipinski definition) is 2. The minimum absolute atomic E-state index is 0.275. The lowest BCUT2D eigenvalue weighted by Gasteiger charge is -2.07. The lowest BCUT2D eigenvalue weighted by Crippen LogP contribution is -2.08. The fourth-order valence-corrected chi connectivity index (χ4v) is 5.23. The molecule has 0 aliphatic rings. The van der Waals surface area contributed by atoms with E-state index in [1.54, 1.807) is 72.8 Å². The highest BCUT2D eigenvalue weighted by Gasteiger charge is 2.10. The number of hydrogen-bond acceptors (Lipinski definition) is 10. The van der Waals surface area contributed by atoms with Crippen molar-refractivity contribution < 1.29 is 38.1 Å². The van der Waals surface area contributed by atoms with E-state index in [-0.39, 0.29) is 11.9 Å². The number of anilines is 2. The van der Waals surface area contributed by atoms with E-state index in [1.165, 1.54) is 6.08 Å². The standard InChI is InChI=1S/C41H52N2O8/c1-2-3-4-12-15-38(44)50-36-21-23-37(24-22-36)51-39(45)25-18-31-16-19-32(20-17-31)40(46)48-26-13-10-8-6-5-7-9-11-14-27-49-41(47)33-28-34(42)30-35(43)29-33/h16-25,28-30H,2-15,26-27,42-43H2,1H3. The molecule has 51 heavy (non-hydrogen) atoms. The number of carbonyl (C=O) groups is 4. The number of ether oxygens (including phenoxy) is 4. The summed E-state index contributed by atoms with van der Waals surface area (Å²) in [6, 6.07) is 17.8. The van der Waals surface area contributed by atoms with E-state index in [9.17, 15) is 19.2 Å². The average Bonchev–Trinajstić information content (AvgIpc) is 3.11. The zero-order chi connectivity index (χ0) is 36.7. The van der Waals surface area contributed by atoms with Gasteiger partial charge < -0.3 is 30.4 Å². The van der Waals surface area contributed by atoms with Gasteiger partial charge >= 0.3 is 23.9 Å². The predicted molar refractivity (Wildman–Crippen MR) is 199 cm³/mol. The van der Waals surface area contributed by atoms with Crippen LogP contribution in [0.5, 0.6) is 11.5 Å². The normalized spacial score (nSPS) is 10.9. The van der Waals surface area contributed by atoms with Crippen LogP contribution in [-0.4, -0.2) is 37.1 Å². The van der Waals surface area contributed by atoms with Crippen molar-refractivity contribution in [2.75, 3.05) is 24.7 Å². The lowest BCUT2D eigenvalue weighted by molar-refractivity contribution is -0.134. The minimum atomic E-state index is -0.558. The minimum Gasteiger partial charge on any atom is -0.462 e. The highest BCUT2D eigenvalue weighted by molar-refractivity contribution is 5.92. The maximum Gasteiger partial charge on any atom is 0.338 e. The van der Waals surface area contributed by atoms with Crippen LogP contribution in [0.25, 0.3) is 6.08 Å². The number of esters is 4. The largest absolute Gasteiger partial charge is 0.462 e. The predicted octanol–water partition coefficient (Wildman–Crippen LogP) is 8.87. The molecule has 0 aliphatic carbocycles. The van der Waals surface area contributed by atoms with Crippen LogP contribution < -0.4 is 20.9 Å². The Hall–Kier alpha value is -5.12. The van der Waals surface area contributed by atoms with E-state index in [0.29, 0.717) is 53.6 Å². The smallest absolute Gasteiger partial charge is 0.338 e. The third-order valence-electron chi connectivity index (χ3n) is 8.03. The van der Waals surface area contributed by atoms with Crippen molar-refractivity contribution in [3.05, 3.63) is 89.5 Å². The lowest BCUT2D eigenvalue weighted by atomic mass is 10.1. The van der Waals surface area contributed by atoms with Crippen LogP contribution in [0.15, 0.2) is 72.8 Å². The van der Waals surface area contributed by atoms with Gasteiger partial charge in [-0.05, 0) is 85.5 Å². The molecule has 0 saturated heterocycles. The summed E-state index contributed by atoms with van der Waals surface area (Å²) in [5, 5.41) is 0. The number of nitrogen functional groups attached to an aromatic ring is 2. The van der Waals surface area contributed by atoms with Gasteiger partial charge in [0, 0.05) is 23.9 Å². The molecule has 0 aromatic heterocycles. The third kappa shape index (κ3) is 16.9. The molecule has 0 fully saturated rings. The summed E-state index contributed by atoms with van der Waals surface area (Å²) in [6.45, 7) is 2.87. The molecule has 0 amide bonds. The molecule has 0 radical (unpaired) electrons. The highest BCUT2D eigenvalue weighted by Crippen LogP contribution is 2.20. The number of rotatable bonds is 23. The van der Waals surface area contributed by atoms with Crippen molar-refractivity contribution in [3.63, 3.8) is 0 Å². The molecule has 3 aromatic rings. The van der Waals surface area contributed by atoms with Gasteiger partial charge in [0.2, 0.25) is 0 Å². The van der Waals surface area contributed by atoms with Crippen molar-refractivity contribution in [3.8, 4) is 11.5 Å². The Labute approximate surface area is 301 Å². The highest BCUT2D eigenvalue weighted by atomic mass is 16.5. The van der Waals surface area contributed by atoms with E-state index < -0.39 is 11.9 Å². The molecule has 3 rings (SSSR count). The van der Waals surface area contributed by atoms with Gasteiger partial charge in [-0.1, -0.05) is 83.3 Å². The van der Waals surface area contributed by atoms with Crippen LogP contribution in [0.2, 0.25) is 0 Å². The van der Waals surface area contributed by atoms with Crippen LogP contribution in [0.1, 0.15) is 123 Å². The molecule has 10 nitrogen and oxygen atoms in total. The fraction of sp³-hybridized carbons (Fsp3) is 0.415. The van der Waals surface area contributed by atoms with E-state index in [0.717, 1.165) is 89.0 Å². The Morgan fingerprint density at radius 2 is 1.06 bits per heavy atom. The molecule has 274 valence electrons. The van der Waals surface area contributed by atoms with Gasteiger partial charge in [0.15, 0.2) is 0 Å². The Bertz CT molecular complexity index is 1530. The van der Waals surface area contributed by atoms with E-state index in [2.05, 4.69) is 6.92 Å². The van der Waals surface area contributed by atoms with Gasteiger partial charge in [-0.25, -0.2) is 14.4 Å². The SMILES string of the molecule is CCCCCCC(=O)Oc1ccc(OC(=O)C=Cc2ccc(C(=O)OCCCCCCCCCCCOC(=O)c3cc(N)cc(N)c3)cc2)cc1. The first-order valence-corrected chi connectivity index (χ1v) is 18.0. The van der Waals surface area contributed by atoms with Crippen molar-refractivity contribution in [2.24, 2.45) is 0 Å². The zero-order valence-electron chi connectivity index (χ0n) is 29.7. The van der Waals surface area contributed by atoms with Crippen LogP contribution in [-0.2, 0) is 19.1 Å². The molecule has 4 N–H and O–H groups in total. The fourth-order valence-electron chi connectivity index (χ4n) is 5.23. The first-order chi connectivity index (χ1) is 24.7. The molecule has 0 unspecified atom stereocenters. The summed E-state index contributed by atoms with van der Waals surface area (Å²) in [6.07, 6.45) is 16.5. The number of unbranched alkanes of at least 4 members (excludes halogenated alkanes) is 11. The number of carbonyl (C=O) groups excluding carboxylic acids is 4. The zero-order valence-corrected chi connectivity index (χ0v) is 29.7. The first kappa shape index (κ1) is 40.3. The molecule has 0 spiro atoms. The van der Waals surface area contributed by atoms with Crippen LogP contribution in [0, 0.1) is 0 Å². The third-order valence-corrected chi connectivity index (χ3v) is 8.03. The first-order valence-electron chi connectivity index (χ1n) is 18.0. The molecule has 0 bridgehead atoms. The number of nitrogens with two attached hydrogens (primary N) is 2. The summed E-state index contributed by atoms with van der Waals surface area (Å²) < 4.78 is 21.4. The average molecular weight is 701 g/mol. The van der Waals surface area contributed by atoms with E-state index in [4.69, 9.17) is 30.4 Å². The molecule has 0 atom stereocenters. The Kier molecular flexibility index (Phi) is 18.4. The monoisotopic (exact) mass is 700 g/mol. The van der Waals surface area contributed by atoms with Crippen molar-refractivity contribution >= 4 is 41.3 Å². The molecule has 0 saturated carbocycles. The summed E-state index contributed by atoms with van der Waals surface area (Å²) in [5.74, 6) is -0.880. The van der Waals surface area contributed by atoms with Crippen molar-refractivity contribution in [1.29, 1.82) is 0 Å². The van der Waals surface area contributed by atoms with Gasteiger partial charge in [-0.3, -0.25) is 4.79 Å². The van der Waals surface area contributed by atoms with Gasteiger partial charge in [0.05, 0.1) is 24.3 Å². The van der Waals surface area contributed by atoms with Crippen LogP contribution >= 0.6 is 0 Å². The van der Waals surface area contributed by atoms with Crippen molar-refractivity contribution in [2.45, 2.75) is 96.8 Å². The molecule has 0 aliphatic heterocycles. The number of benzene rings is 3. The molecule has 3 aromatic carbocycles. The molecular weight excluding hydrogens is 648 g/mol. The maximum atomic E-state index is 12.4. The molecular formula is C41H52N2O8. The second-order valence-electron chi connectivity index (χ2n) is 12.5. The van der Waals surface area contributed by atoms with Crippen molar-refractivity contribution in [1.82, 2.24) is 0 Å². The summed E-state index contributed by atoms with van der Waals surface area (Å²) in [5.41, 5.74) is 13.9. The van der Waals surface area contributed by atoms with Gasteiger partial charge in [-0.15, -0.1) is 0 Å². The molecule has 0 heterocycles. The second kappa shape index (κ2) is 23.3. The summed E-state index contributed by atoms with van der Waals surface area (Å²) in [4.78, 5) is 48.7. The van der Waals surface area contributed by atoms with E-state index in [1.807, 2.05) is 0 Å². The Balaban J connectivity index is 1.19. The van der Waals surface area contributed by atoms with Gasteiger partial charge in [0.1, 0.15) is 11.5 Å². The Morgan fingerprint density at radius 1 is 0.569 bits per heavy atom. The quantitative estimate of drug-likeness (QED) is 0.0322. The van der Waals surface area contributed by atoms with E-state index >= 15 is 0 Å². The van der Waals surface area contributed by atoms with Crippen LogP contribution in [0.3, 0.4) is 0 Å². The summed E-state index contributed by atoms with van der Waals surface area (Å²) in [7, 11) is 0. The Morgan fingerprint density at radius 3 is 1.61 bits per heavy atom. The summed E-state index contributed by atoms with van der Waals surface area (Å²) >= 11 is 0. The topological polar surface area (TPSA) is 157 Å². The van der Waals surface area contributed by atoms with Gasteiger partial charge in [-0.2, -0.15) is 0 Å². The maximum absolute atomic E-state index is 12.4. The van der Waals surface area contributed by atoms with Gasteiger partial charge in [0.25, 0.3) is 0 Å². The second-order valence-corrected chi connectivity index (χ2v) is 12.5. The molecule has 10 heteroatoms. The van der Waals surface area contributed by atoms with Crippen LogP contribution in [0.4, 0.5) is 11.4 Å².